The fourth-order valence-corrected chi connectivity index (χ4v) is 10.6. The summed E-state index contributed by atoms with van der Waals surface area (Å²) in [4.78, 5) is 45.8. The van der Waals surface area contributed by atoms with Gasteiger partial charge in [-0.2, -0.15) is 16.8 Å². The Kier molecular flexibility index (Phi) is 20.7. The van der Waals surface area contributed by atoms with Crippen LogP contribution in [-0.4, -0.2) is 112 Å². The first kappa shape index (κ1) is 59.4. The van der Waals surface area contributed by atoms with E-state index in [9.17, 15) is 59.0 Å². The lowest BCUT2D eigenvalue weighted by molar-refractivity contribution is -0.697. The van der Waals surface area contributed by atoms with Gasteiger partial charge in [0.15, 0.2) is 18.2 Å². The van der Waals surface area contributed by atoms with Crippen molar-refractivity contribution >= 4 is 58.8 Å². The summed E-state index contributed by atoms with van der Waals surface area (Å²) in [5.74, 6) is -1.52. The fourth-order valence-electron chi connectivity index (χ4n) is 8.33. The lowest BCUT2D eigenvalue weighted by Crippen LogP contribution is -2.32. The van der Waals surface area contributed by atoms with Crippen molar-refractivity contribution in [3.8, 4) is 51.8 Å². The van der Waals surface area contributed by atoms with Gasteiger partial charge in [-0.15, -0.1) is 4.73 Å². The zero-order chi connectivity index (χ0) is 56.6. The maximum Gasteiger partial charge on any atom is 0.333 e. The molecule has 27 heteroatoms. The first-order chi connectivity index (χ1) is 37.7. The number of fused-ring (bicyclic) bond motifs is 2. The number of benzene rings is 3. The van der Waals surface area contributed by atoms with Crippen LogP contribution >= 0.6 is 0 Å². The standard InChI is InChI=1S/C52H62N6O18S3/c59-46-12-4-2-8-24-57-25-19-36(20-26-57)52-55-35-44(75-52)37-15-16-41(45(32-37)77(64,65)56-23-7-1-6-14-50(63)76-58-48(61)17-18-49(58)62)72-27-9-3-5-13-47(60)54-22-11-29-74-43-34-40(79(69,70)71)31-38-30-39(78(66,67)68)33-42(51(38)43)73-28-10-21-53-46/h15-20,25-26,30-35,55-56H,1-14,21-24,27-29H2,(H4,53,54,59,60,66,67,68,69,70,71)/p+1. The largest absolute Gasteiger partial charge is 0.493 e. The number of hydrogen-bond acceptors (Lipinski definition) is 17. The maximum absolute atomic E-state index is 13.9. The van der Waals surface area contributed by atoms with Crippen LogP contribution in [-0.2, 0) is 51.2 Å². The van der Waals surface area contributed by atoms with Crippen molar-refractivity contribution in [3.05, 3.63) is 85.3 Å². The summed E-state index contributed by atoms with van der Waals surface area (Å²) in [5.41, 5.74) is 1.10. The van der Waals surface area contributed by atoms with E-state index in [1.54, 1.807) is 6.07 Å². The monoisotopic (exact) mass is 1160 g/mol. The molecule has 0 unspecified atom stereocenters. The van der Waals surface area contributed by atoms with Gasteiger partial charge < -0.3 is 44.3 Å². The predicted molar refractivity (Wildman–Crippen MR) is 283 cm³/mol. The Balaban J connectivity index is 1.01. The van der Waals surface area contributed by atoms with Gasteiger partial charge in [-0.3, -0.25) is 18.7 Å². The lowest BCUT2D eigenvalue weighted by atomic mass is 10.1. The third-order valence-corrected chi connectivity index (χ3v) is 15.6. The predicted octanol–water partition coefficient (Wildman–Crippen LogP) is 5.63. The molecule has 0 saturated heterocycles. The molecule has 0 atom stereocenters. The number of pyridine rings is 1. The van der Waals surface area contributed by atoms with Gasteiger partial charge in [0.2, 0.25) is 39.5 Å². The average Bonchev–Trinajstić information content (AvgIpc) is 4.07. The molecule has 6 aromatic rings. The van der Waals surface area contributed by atoms with Gasteiger partial charge >= 0.3 is 5.97 Å². The van der Waals surface area contributed by atoms with E-state index in [1.807, 2.05) is 29.1 Å². The zero-order valence-corrected chi connectivity index (χ0v) is 45.5. The second-order valence-electron chi connectivity index (χ2n) is 18.5. The summed E-state index contributed by atoms with van der Waals surface area (Å²) in [6.07, 6.45) is 10.9. The number of nitrogens with zero attached hydrogens (tertiary/aromatic N) is 3. The van der Waals surface area contributed by atoms with Crippen LogP contribution in [0.15, 0.2) is 104 Å². The van der Waals surface area contributed by atoms with Crippen LogP contribution in [0.25, 0.3) is 33.6 Å². The Bertz CT molecular complexity index is 3410. The van der Waals surface area contributed by atoms with E-state index in [4.69, 9.17) is 23.5 Å². The third kappa shape index (κ3) is 17.3. The zero-order valence-electron chi connectivity index (χ0n) is 43.0. The number of amides is 2. The van der Waals surface area contributed by atoms with Crippen molar-refractivity contribution in [1.82, 2.24) is 25.1 Å². The number of ether oxygens (including phenoxy) is 3. The number of sulfonamides is 1. The minimum atomic E-state index is -4.83. The molecule has 426 valence electrons. The van der Waals surface area contributed by atoms with Gasteiger partial charge in [0, 0.05) is 92.8 Å². The van der Waals surface area contributed by atoms with Crippen molar-refractivity contribution in [2.45, 2.75) is 111 Å². The Labute approximate surface area is 456 Å². The molecule has 0 fully saturated rings. The summed E-state index contributed by atoms with van der Waals surface area (Å²) in [7, 11) is -13.8. The second-order valence-corrected chi connectivity index (χ2v) is 23.1. The van der Waals surface area contributed by atoms with Crippen molar-refractivity contribution in [2.75, 3.05) is 39.5 Å². The quantitative estimate of drug-likeness (QED) is 0.0469. The summed E-state index contributed by atoms with van der Waals surface area (Å²) in [5, 5.41) is 25.2. The molecule has 24 nitrogen and oxygen atoms in total. The molecule has 9 rings (SSSR count). The molecule has 6 bridgehead atoms. The summed E-state index contributed by atoms with van der Waals surface area (Å²) in [6.45, 7) is 1.09. The smallest absolute Gasteiger partial charge is 0.333 e. The van der Waals surface area contributed by atoms with Crippen molar-refractivity contribution in [3.63, 3.8) is 0 Å². The highest BCUT2D eigenvalue weighted by Crippen LogP contribution is 2.39. The molecule has 3 aromatic carbocycles. The molecule has 0 spiro atoms. The van der Waals surface area contributed by atoms with Crippen LogP contribution in [0, 0.1) is 0 Å². The number of rotatable bonds is 11. The van der Waals surface area contributed by atoms with Crippen LogP contribution in [0.3, 0.4) is 0 Å². The molecule has 0 aliphatic carbocycles. The molecule has 3 aromatic heterocycles. The number of aromatic nitrogens is 3. The van der Waals surface area contributed by atoms with E-state index >= 15 is 0 Å². The minimum Gasteiger partial charge on any atom is -0.493 e. The van der Waals surface area contributed by atoms with Crippen LogP contribution in [0.1, 0.15) is 89.9 Å². The topological polar surface area (TPSA) is 342 Å². The Morgan fingerprint density at radius 2 is 1.25 bits per heavy atom. The highest BCUT2D eigenvalue weighted by molar-refractivity contribution is 7.89. The number of hydrogen-bond donors (Lipinski definition) is 7. The van der Waals surface area contributed by atoms with E-state index in [0.29, 0.717) is 85.4 Å². The Morgan fingerprint density at radius 3 is 1.86 bits per heavy atom. The SMILES string of the molecule is O=C1CCCCCOc2ccc(cc2S(=O)(=O)NCCCCCC(=O)On2c(O)ccc2O)-c2cnc(o2)-c2cc[n+](cc2)CCCCCC(=O)NCCCOc2cc(S(=O)(=O)O)cc3cc(S(=O)(=O)O)cc(c23)OCCCN1. The number of oxazole rings is 1. The highest BCUT2D eigenvalue weighted by atomic mass is 32.2. The molecule has 2 amide bonds. The molecule has 3 aliphatic rings. The van der Waals surface area contributed by atoms with Gasteiger partial charge in [0.25, 0.3) is 20.2 Å². The van der Waals surface area contributed by atoms with Crippen molar-refractivity contribution in [2.24, 2.45) is 0 Å². The van der Waals surface area contributed by atoms with Gasteiger partial charge in [0.05, 0.1) is 41.2 Å². The van der Waals surface area contributed by atoms with Crippen LogP contribution < -0.4 is 39.0 Å². The Morgan fingerprint density at radius 1 is 0.671 bits per heavy atom. The van der Waals surface area contributed by atoms with Crippen molar-refractivity contribution < 1.29 is 87.0 Å². The third-order valence-electron chi connectivity index (χ3n) is 12.4. The molecule has 6 heterocycles. The number of aromatic hydroxyl groups is 2. The summed E-state index contributed by atoms with van der Waals surface area (Å²) >= 11 is 0. The average molecular weight is 1160 g/mol. The van der Waals surface area contributed by atoms with Crippen LogP contribution in [0.2, 0.25) is 0 Å². The van der Waals surface area contributed by atoms with Gasteiger partial charge in [-0.05, 0) is 93.5 Å². The summed E-state index contributed by atoms with van der Waals surface area (Å²) < 4.78 is 126. The van der Waals surface area contributed by atoms with Crippen LogP contribution in [0.5, 0.6) is 29.0 Å². The number of nitrogens with one attached hydrogen (secondary N) is 3. The van der Waals surface area contributed by atoms with E-state index in [-0.39, 0.29) is 110 Å². The molecule has 79 heavy (non-hydrogen) atoms. The van der Waals surface area contributed by atoms with Gasteiger partial charge in [-0.1, -0.05) is 6.42 Å². The number of unbranched alkanes of at least 4 members (excludes halogenated alkanes) is 2. The maximum atomic E-state index is 13.9. The lowest BCUT2D eigenvalue weighted by Gasteiger charge is -2.16. The fraction of sp³-hybridized carbons (Fsp3) is 0.404. The summed E-state index contributed by atoms with van der Waals surface area (Å²) in [6, 6.07) is 14.8. The van der Waals surface area contributed by atoms with Crippen molar-refractivity contribution in [1.29, 1.82) is 0 Å². The number of carbonyl (C=O) groups is 3. The van der Waals surface area contributed by atoms with E-state index < -0.39 is 57.8 Å². The molecule has 0 saturated carbocycles. The number of aryl methyl sites for hydroxylation is 1. The molecular weight excluding hydrogens is 1090 g/mol. The molecule has 7 N–H and O–H groups in total. The van der Waals surface area contributed by atoms with Crippen LogP contribution in [0.4, 0.5) is 0 Å². The highest BCUT2D eigenvalue weighted by Gasteiger charge is 2.24. The normalized spacial score (nSPS) is 15.5. The van der Waals surface area contributed by atoms with Gasteiger partial charge in [0.1, 0.15) is 28.7 Å². The van der Waals surface area contributed by atoms with Gasteiger partial charge in [-0.25, -0.2) is 27.5 Å². The molecule has 3 aliphatic heterocycles. The van der Waals surface area contributed by atoms with E-state index in [2.05, 4.69) is 20.3 Å². The first-order valence-electron chi connectivity index (χ1n) is 25.6. The molecule has 0 radical (unpaired) electrons. The Hall–Kier alpha value is -7.30. The van der Waals surface area contributed by atoms with E-state index in [0.717, 1.165) is 49.2 Å². The van der Waals surface area contributed by atoms with E-state index in [1.165, 1.54) is 18.3 Å². The minimum absolute atomic E-state index is 0.0218. The molecular formula is C52H63N6O18S3+. The first-order valence-corrected chi connectivity index (χ1v) is 30.0. The number of carbonyl (C=O) groups excluding carboxylic acids is 3. The second kappa shape index (κ2) is 27.5.